The molecule has 0 bridgehead atoms. The van der Waals surface area contributed by atoms with Crippen molar-refractivity contribution in [2.45, 2.75) is 19.7 Å². The third-order valence-corrected chi connectivity index (χ3v) is 0.781. The normalized spacial score (nSPS) is 11.2. The minimum Gasteiger partial charge on any atom is -0.294 e. The zero-order chi connectivity index (χ0) is 16.5. The topological polar surface area (TPSA) is 18.5 Å². The van der Waals surface area contributed by atoms with Crippen LogP contribution in [0.1, 0.15) is 13.8 Å². The van der Waals surface area contributed by atoms with Crippen LogP contribution in [0.25, 0.3) is 0 Å². The summed E-state index contributed by atoms with van der Waals surface area (Å²) in [4.78, 5) is 5.19. The van der Waals surface area contributed by atoms with Crippen molar-refractivity contribution < 1.29 is 49.7 Å². The average Bonchev–Trinajstić information content (AvgIpc) is 2.41. The van der Waals surface area contributed by atoms with Crippen molar-refractivity contribution >= 4 is 0 Å². The standard InChI is InChI=1S/C3H5F3O.C3H3F3O.CH2F2.CH3F/c1-3(5,2-4)7-6;1-2(7-6)3(4)5;2-1-3;1-2/h2H2,1H3;1H3;1H2;1H3. The molecule has 0 aliphatic rings. The van der Waals surface area contributed by atoms with E-state index in [2.05, 4.69) is 9.88 Å². The predicted octanol–water partition coefficient (Wildman–Crippen LogP) is 5.03. The van der Waals surface area contributed by atoms with Gasteiger partial charge < -0.3 is 0 Å². The van der Waals surface area contributed by atoms with Crippen molar-refractivity contribution in [1.82, 2.24) is 0 Å². The number of hydrogen-bond donors (Lipinski definition) is 0. The fourth-order valence-corrected chi connectivity index (χ4v) is 0.0498. The minimum atomic E-state index is -2.75. The van der Waals surface area contributed by atoms with Gasteiger partial charge in [-0.15, -0.1) is 0 Å². The fourth-order valence-electron chi connectivity index (χ4n) is 0.0498. The first-order valence-electron chi connectivity index (χ1n) is 4.07. The molecule has 0 heterocycles. The van der Waals surface area contributed by atoms with Gasteiger partial charge in [-0.25, -0.2) is 17.6 Å². The monoisotopic (exact) mass is 312 g/mol. The second kappa shape index (κ2) is 19.2. The lowest BCUT2D eigenvalue weighted by molar-refractivity contribution is -0.289. The summed E-state index contributed by atoms with van der Waals surface area (Å²) in [6, 6.07) is 0. The van der Waals surface area contributed by atoms with E-state index in [4.69, 9.17) is 0 Å². The Hall–Kier alpha value is -1.13. The van der Waals surface area contributed by atoms with Crippen LogP contribution in [0.2, 0.25) is 0 Å². The smallest absolute Gasteiger partial charge is 0.294 e. The molecule has 1 atom stereocenters. The maximum absolute atomic E-state index is 11.6. The third-order valence-electron chi connectivity index (χ3n) is 0.781. The Morgan fingerprint density at radius 1 is 1.05 bits per heavy atom. The predicted molar refractivity (Wildman–Crippen MR) is 48.9 cm³/mol. The molecule has 11 heteroatoms. The van der Waals surface area contributed by atoms with Crippen LogP contribution in [0.4, 0.5) is 39.8 Å². The Balaban J connectivity index is -0.0000000888. The highest BCUT2D eigenvalue weighted by Gasteiger charge is 2.24. The van der Waals surface area contributed by atoms with E-state index >= 15 is 0 Å². The molecule has 0 radical (unpaired) electrons. The van der Waals surface area contributed by atoms with E-state index < -0.39 is 31.3 Å². The quantitative estimate of drug-likeness (QED) is 0.538. The van der Waals surface area contributed by atoms with Crippen molar-refractivity contribution in [3.63, 3.8) is 0 Å². The third kappa shape index (κ3) is 31.6. The molecule has 0 rings (SSSR count). The van der Waals surface area contributed by atoms with Crippen LogP contribution in [0.3, 0.4) is 0 Å². The van der Waals surface area contributed by atoms with Gasteiger partial charge in [0.15, 0.2) is 6.67 Å². The Kier molecular flexibility index (Phi) is 26.7. The van der Waals surface area contributed by atoms with Crippen molar-refractivity contribution in [2.24, 2.45) is 0 Å². The summed E-state index contributed by atoms with van der Waals surface area (Å²) in [5.74, 6) is -3.74. The van der Waals surface area contributed by atoms with Crippen LogP contribution in [-0.4, -0.2) is 26.6 Å². The Morgan fingerprint density at radius 3 is 1.37 bits per heavy atom. The summed E-state index contributed by atoms with van der Waals surface area (Å²) in [6.07, 6.45) is -2.14. The van der Waals surface area contributed by atoms with Crippen LogP contribution < -0.4 is 0 Å². The molecule has 0 N–H and O–H groups in total. The van der Waals surface area contributed by atoms with E-state index in [9.17, 15) is 39.8 Å². The minimum absolute atomic E-state index is 0.500. The molecule has 0 saturated heterocycles. The van der Waals surface area contributed by atoms with E-state index in [0.717, 1.165) is 6.92 Å². The highest BCUT2D eigenvalue weighted by molar-refractivity contribution is 4.85. The van der Waals surface area contributed by atoms with Gasteiger partial charge in [-0.3, -0.25) is 9.33 Å². The lowest BCUT2D eigenvalue weighted by Crippen LogP contribution is -2.20. The lowest BCUT2D eigenvalue weighted by Gasteiger charge is -2.06. The van der Waals surface area contributed by atoms with E-state index in [1.54, 1.807) is 0 Å². The molecule has 0 aromatic heterocycles. The van der Waals surface area contributed by atoms with Crippen molar-refractivity contribution in [3.05, 3.63) is 11.8 Å². The van der Waals surface area contributed by atoms with Gasteiger partial charge in [0.2, 0.25) is 12.7 Å². The molecule has 0 aliphatic heterocycles. The Bertz CT molecular complexity index is 189. The van der Waals surface area contributed by atoms with Crippen LogP contribution in [0, 0.1) is 0 Å². The number of hydrogen-bond acceptors (Lipinski definition) is 2. The van der Waals surface area contributed by atoms with Crippen LogP contribution in [-0.2, 0) is 9.88 Å². The average molecular weight is 312 g/mol. The van der Waals surface area contributed by atoms with Crippen molar-refractivity contribution in [3.8, 4) is 0 Å². The van der Waals surface area contributed by atoms with Gasteiger partial charge in [0.05, 0.1) is 7.18 Å². The highest BCUT2D eigenvalue weighted by Crippen LogP contribution is 2.11. The molecular weight excluding hydrogens is 299 g/mol. The molecule has 0 aromatic carbocycles. The van der Waals surface area contributed by atoms with Gasteiger partial charge in [0.1, 0.15) is 0 Å². The van der Waals surface area contributed by atoms with Gasteiger partial charge in [-0.2, -0.15) is 13.7 Å². The molecule has 0 amide bonds. The van der Waals surface area contributed by atoms with Gasteiger partial charge in [0, 0.05) is 18.4 Å². The zero-order valence-corrected chi connectivity index (χ0v) is 10.1. The first-order chi connectivity index (χ1) is 8.72. The lowest BCUT2D eigenvalue weighted by atomic mass is 10.4. The molecule has 0 aliphatic carbocycles. The summed E-state index contributed by atoms with van der Waals surface area (Å²) in [5.41, 5.74) is 0. The zero-order valence-electron chi connectivity index (χ0n) is 10.1. The van der Waals surface area contributed by atoms with Crippen LogP contribution in [0.15, 0.2) is 11.8 Å². The number of alkyl halides is 5. The molecular formula is C8H13F9O2. The molecule has 0 fully saturated rings. The second-order valence-corrected chi connectivity index (χ2v) is 2.31. The van der Waals surface area contributed by atoms with Gasteiger partial charge >= 0.3 is 6.08 Å². The molecule has 0 saturated carbocycles. The van der Waals surface area contributed by atoms with Gasteiger partial charge in [-0.1, -0.05) is 0 Å². The van der Waals surface area contributed by atoms with E-state index in [1.165, 1.54) is 0 Å². The van der Waals surface area contributed by atoms with E-state index in [-0.39, 0.29) is 0 Å². The van der Waals surface area contributed by atoms with Gasteiger partial charge in [0.25, 0.3) is 5.85 Å². The van der Waals surface area contributed by atoms with Crippen LogP contribution >= 0.6 is 0 Å². The number of allylic oxidation sites excluding steroid dienone is 1. The first-order valence-corrected chi connectivity index (χ1v) is 4.07. The first kappa shape index (κ1) is 26.4. The largest absolute Gasteiger partial charge is 0.311 e. The molecule has 2 nitrogen and oxygen atoms in total. The van der Waals surface area contributed by atoms with Crippen LogP contribution in [0.5, 0.6) is 0 Å². The highest BCUT2D eigenvalue weighted by atomic mass is 19.3. The number of halogens is 9. The SMILES string of the molecule is CC(F)(CF)OF.CC(OF)=C(F)F.CF.FCF. The van der Waals surface area contributed by atoms with Gasteiger partial charge in [-0.05, 0) is 4.53 Å². The number of rotatable bonds is 3. The summed E-state index contributed by atoms with van der Waals surface area (Å²) >= 11 is 0. The molecule has 0 aromatic rings. The summed E-state index contributed by atoms with van der Waals surface area (Å²) in [5, 5.41) is 0. The summed E-state index contributed by atoms with van der Waals surface area (Å²) in [6.45, 7) is -1.73. The van der Waals surface area contributed by atoms with Crippen molar-refractivity contribution in [2.75, 3.05) is 20.8 Å². The Morgan fingerprint density at radius 2 is 1.37 bits per heavy atom. The molecule has 120 valence electrons. The Labute approximate surface area is 103 Å². The molecule has 1 unspecified atom stereocenters. The molecule has 0 spiro atoms. The fraction of sp³-hybridized carbons (Fsp3) is 0.750. The summed E-state index contributed by atoms with van der Waals surface area (Å²) < 4.78 is 94.5. The maximum atomic E-state index is 11.6. The van der Waals surface area contributed by atoms with E-state index in [1.807, 2.05) is 0 Å². The maximum Gasteiger partial charge on any atom is 0.311 e. The molecule has 19 heavy (non-hydrogen) atoms. The second-order valence-electron chi connectivity index (χ2n) is 2.31. The van der Waals surface area contributed by atoms with Crippen molar-refractivity contribution in [1.29, 1.82) is 0 Å². The summed E-state index contributed by atoms with van der Waals surface area (Å²) in [7, 11) is 0.500. The van der Waals surface area contributed by atoms with E-state index in [0.29, 0.717) is 14.1 Å².